The van der Waals surface area contributed by atoms with E-state index in [1.807, 2.05) is 24.8 Å². The average molecular weight is 166 g/mol. The van der Waals surface area contributed by atoms with Crippen molar-refractivity contribution in [3.8, 4) is 6.07 Å². The standard InChI is InChI=1S/C9H14N2O/c1-3-4-11-7(2)5-8(6-10)9(11)12/h7-8H,3-5H2,1-2H3. The Bertz CT molecular complexity index is 219. The fourth-order valence-electron chi connectivity index (χ4n) is 1.67. The summed E-state index contributed by atoms with van der Waals surface area (Å²) < 4.78 is 0. The molecule has 1 saturated heterocycles. The van der Waals surface area contributed by atoms with Crippen molar-refractivity contribution < 1.29 is 4.79 Å². The van der Waals surface area contributed by atoms with Gasteiger partial charge in [0.2, 0.25) is 5.91 Å². The van der Waals surface area contributed by atoms with Crippen LogP contribution in [0.4, 0.5) is 0 Å². The van der Waals surface area contributed by atoms with Crippen molar-refractivity contribution >= 4 is 5.91 Å². The summed E-state index contributed by atoms with van der Waals surface area (Å²) in [6.45, 7) is 4.84. The monoisotopic (exact) mass is 166 g/mol. The van der Waals surface area contributed by atoms with E-state index in [-0.39, 0.29) is 17.9 Å². The molecule has 66 valence electrons. The fraction of sp³-hybridized carbons (Fsp3) is 0.778. The molecule has 1 rings (SSSR count). The van der Waals surface area contributed by atoms with Gasteiger partial charge in [0.05, 0.1) is 6.07 Å². The lowest BCUT2D eigenvalue weighted by Crippen LogP contribution is -2.32. The summed E-state index contributed by atoms with van der Waals surface area (Å²) in [6, 6.07) is 2.29. The second-order valence-electron chi connectivity index (χ2n) is 3.30. The van der Waals surface area contributed by atoms with Crippen molar-refractivity contribution in [3.63, 3.8) is 0 Å². The molecule has 12 heavy (non-hydrogen) atoms. The van der Waals surface area contributed by atoms with Gasteiger partial charge < -0.3 is 4.90 Å². The average Bonchev–Trinajstić information content (AvgIpc) is 2.32. The van der Waals surface area contributed by atoms with Crippen molar-refractivity contribution in [2.45, 2.75) is 32.7 Å². The van der Waals surface area contributed by atoms with Crippen LogP contribution in [0.5, 0.6) is 0 Å². The number of nitrogens with zero attached hydrogens (tertiary/aromatic N) is 2. The molecule has 0 N–H and O–H groups in total. The number of nitriles is 1. The fourth-order valence-corrected chi connectivity index (χ4v) is 1.67. The summed E-state index contributed by atoms with van der Waals surface area (Å²) in [5, 5.41) is 8.64. The Kier molecular flexibility index (Phi) is 2.69. The first-order valence-electron chi connectivity index (χ1n) is 4.40. The minimum Gasteiger partial charge on any atom is -0.339 e. The molecule has 0 radical (unpaired) electrons. The molecule has 0 aromatic carbocycles. The largest absolute Gasteiger partial charge is 0.339 e. The quantitative estimate of drug-likeness (QED) is 0.617. The maximum atomic E-state index is 11.4. The van der Waals surface area contributed by atoms with Crippen molar-refractivity contribution in [1.29, 1.82) is 5.26 Å². The summed E-state index contributed by atoms with van der Waals surface area (Å²) in [7, 11) is 0. The predicted octanol–water partition coefficient (Wildman–Crippen LogP) is 1.16. The van der Waals surface area contributed by atoms with Crippen LogP contribution in [0.1, 0.15) is 26.7 Å². The van der Waals surface area contributed by atoms with Crippen LogP contribution in [-0.2, 0) is 4.79 Å². The molecule has 0 spiro atoms. The third-order valence-corrected chi connectivity index (χ3v) is 2.31. The number of amides is 1. The molecule has 2 atom stereocenters. The molecule has 0 aromatic rings. The van der Waals surface area contributed by atoms with Gasteiger partial charge in [0.1, 0.15) is 5.92 Å². The van der Waals surface area contributed by atoms with Crippen LogP contribution in [0.3, 0.4) is 0 Å². The normalized spacial score (nSPS) is 29.1. The molecule has 3 heteroatoms. The predicted molar refractivity (Wildman–Crippen MR) is 45.2 cm³/mol. The first kappa shape index (κ1) is 9.05. The van der Waals surface area contributed by atoms with E-state index in [1.165, 1.54) is 0 Å². The number of rotatable bonds is 2. The van der Waals surface area contributed by atoms with Gasteiger partial charge >= 0.3 is 0 Å². The van der Waals surface area contributed by atoms with Crippen LogP contribution in [-0.4, -0.2) is 23.4 Å². The van der Waals surface area contributed by atoms with E-state index in [0.29, 0.717) is 6.42 Å². The minimum atomic E-state index is -0.383. The maximum absolute atomic E-state index is 11.4. The molecular formula is C9H14N2O. The first-order chi connectivity index (χ1) is 5.70. The minimum absolute atomic E-state index is 0.0202. The highest BCUT2D eigenvalue weighted by atomic mass is 16.2. The van der Waals surface area contributed by atoms with Crippen molar-refractivity contribution in [2.75, 3.05) is 6.54 Å². The molecule has 3 nitrogen and oxygen atoms in total. The second-order valence-corrected chi connectivity index (χ2v) is 3.30. The number of hydrogen-bond acceptors (Lipinski definition) is 2. The van der Waals surface area contributed by atoms with Gasteiger partial charge in [0.15, 0.2) is 0 Å². The van der Waals surface area contributed by atoms with Gasteiger partial charge in [-0.1, -0.05) is 6.92 Å². The lowest BCUT2D eigenvalue weighted by Gasteiger charge is -2.19. The van der Waals surface area contributed by atoms with Crippen molar-refractivity contribution in [1.82, 2.24) is 4.90 Å². The van der Waals surface area contributed by atoms with E-state index in [2.05, 4.69) is 0 Å². The van der Waals surface area contributed by atoms with Gasteiger partial charge in [-0.05, 0) is 19.8 Å². The first-order valence-corrected chi connectivity index (χ1v) is 4.40. The molecule has 2 unspecified atom stereocenters. The molecular weight excluding hydrogens is 152 g/mol. The summed E-state index contributed by atoms with van der Waals surface area (Å²) >= 11 is 0. The second kappa shape index (κ2) is 3.57. The summed E-state index contributed by atoms with van der Waals surface area (Å²) in [4.78, 5) is 13.3. The van der Waals surface area contributed by atoms with E-state index in [9.17, 15) is 4.79 Å². The van der Waals surface area contributed by atoms with E-state index in [1.54, 1.807) is 0 Å². The summed E-state index contributed by atoms with van der Waals surface area (Å²) in [5.41, 5.74) is 0. The Hall–Kier alpha value is -1.04. The highest BCUT2D eigenvalue weighted by Crippen LogP contribution is 2.23. The highest BCUT2D eigenvalue weighted by Gasteiger charge is 2.36. The lowest BCUT2D eigenvalue weighted by molar-refractivity contribution is -0.130. The molecule has 1 aliphatic heterocycles. The van der Waals surface area contributed by atoms with Crippen LogP contribution in [0.25, 0.3) is 0 Å². The summed E-state index contributed by atoms with van der Waals surface area (Å²) in [5.74, 6) is -0.363. The summed E-state index contributed by atoms with van der Waals surface area (Å²) in [6.07, 6.45) is 1.67. The van der Waals surface area contributed by atoms with Gasteiger partial charge in [0, 0.05) is 12.6 Å². The Balaban J connectivity index is 2.65. The third kappa shape index (κ3) is 1.42. The van der Waals surface area contributed by atoms with Crippen LogP contribution in [0.15, 0.2) is 0 Å². The van der Waals surface area contributed by atoms with Gasteiger partial charge in [0.25, 0.3) is 0 Å². The Morgan fingerprint density at radius 2 is 2.42 bits per heavy atom. The molecule has 0 aromatic heterocycles. The van der Waals surface area contributed by atoms with E-state index in [0.717, 1.165) is 13.0 Å². The smallest absolute Gasteiger partial charge is 0.240 e. The van der Waals surface area contributed by atoms with Crippen LogP contribution < -0.4 is 0 Å². The van der Waals surface area contributed by atoms with Crippen molar-refractivity contribution in [2.24, 2.45) is 5.92 Å². The van der Waals surface area contributed by atoms with Crippen LogP contribution in [0.2, 0.25) is 0 Å². The van der Waals surface area contributed by atoms with Gasteiger partial charge in [-0.3, -0.25) is 4.79 Å². The van der Waals surface area contributed by atoms with Crippen LogP contribution >= 0.6 is 0 Å². The molecule has 0 saturated carbocycles. The molecule has 1 fully saturated rings. The van der Waals surface area contributed by atoms with E-state index in [4.69, 9.17) is 5.26 Å². The third-order valence-electron chi connectivity index (χ3n) is 2.31. The van der Waals surface area contributed by atoms with Gasteiger partial charge in [-0.15, -0.1) is 0 Å². The topological polar surface area (TPSA) is 44.1 Å². The Labute approximate surface area is 73.0 Å². The molecule has 0 bridgehead atoms. The number of carbonyl (C=O) groups excluding carboxylic acids is 1. The van der Waals surface area contributed by atoms with Crippen molar-refractivity contribution in [3.05, 3.63) is 0 Å². The lowest BCUT2D eigenvalue weighted by atomic mass is 10.1. The van der Waals surface area contributed by atoms with Gasteiger partial charge in [-0.2, -0.15) is 5.26 Å². The number of likely N-dealkylation sites (tertiary alicyclic amines) is 1. The van der Waals surface area contributed by atoms with E-state index < -0.39 is 0 Å². The Morgan fingerprint density at radius 1 is 1.75 bits per heavy atom. The molecule has 1 heterocycles. The molecule has 1 amide bonds. The number of carbonyl (C=O) groups is 1. The molecule has 1 aliphatic rings. The van der Waals surface area contributed by atoms with E-state index >= 15 is 0 Å². The number of hydrogen-bond donors (Lipinski definition) is 0. The molecule has 0 aliphatic carbocycles. The zero-order chi connectivity index (χ0) is 9.14. The van der Waals surface area contributed by atoms with Gasteiger partial charge in [-0.25, -0.2) is 0 Å². The highest BCUT2D eigenvalue weighted by molar-refractivity contribution is 5.83. The Morgan fingerprint density at radius 3 is 2.83 bits per heavy atom. The SMILES string of the molecule is CCCN1C(=O)C(C#N)CC1C. The maximum Gasteiger partial charge on any atom is 0.240 e. The zero-order valence-corrected chi connectivity index (χ0v) is 7.58. The zero-order valence-electron chi connectivity index (χ0n) is 7.58. The van der Waals surface area contributed by atoms with Crippen LogP contribution in [0, 0.1) is 17.2 Å².